The van der Waals surface area contributed by atoms with Gasteiger partial charge in [-0.3, -0.25) is 14.6 Å². The van der Waals surface area contributed by atoms with Crippen molar-refractivity contribution in [3.8, 4) is 0 Å². The molecule has 0 aromatic rings. The summed E-state index contributed by atoms with van der Waals surface area (Å²) in [6, 6.07) is 0.784. The number of rotatable bonds is 5. The van der Waals surface area contributed by atoms with E-state index in [9.17, 15) is 9.90 Å². The molecule has 6 nitrogen and oxygen atoms in total. The lowest BCUT2D eigenvalue weighted by atomic mass is 10.0. The minimum absolute atomic E-state index is 0.202. The van der Waals surface area contributed by atoms with Crippen molar-refractivity contribution in [2.45, 2.75) is 50.8 Å². The molecule has 3 aliphatic rings. The number of morpholine rings is 1. The first kappa shape index (κ1) is 17.1. The first-order valence-corrected chi connectivity index (χ1v) is 9.14. The van der Waals surface area contributed by atoms with E-state index in [-0.39, 0.29) is 12.0 Å². The second-order valence-electron chi connectivity index (χ2n) is 7.19. The third kappa shape index (κ3) is 4.24. The summed E-state index contributed by atoms with van der Waals surface area (Å²) in [7, 11) is 0. The molecule has 0 aromatic heterocycles. The number of nitrogens with zero attached hydrogens (tertiary/aromatic N) is 3. The smallest absolute Gasteiger partial charge is 0.219 e. The summed E-state index contributed by atoms with van der Waals surface area (Å²) < 4.78 is 5.36. The summed E-state index contributed by atoms with van der Waals surface area (Å²) in [5, 5.41) is 10.5. The Labute approximate surface area is 139 Å². The molecule has 1 amide bonds. The highest BCUT2D eigenvalue weighted by atomic mass is 16.5. The van der Waals surface area contributed by atoms with Crippen LogP contribution in [0.25, 0.3) is 0 Å². The molecule has 3 aliphatic heterocycles. The minimum Gasteiger partial charge on any atom is -0.390 e. The highest BCUT2D eigenvalue weighted by molar-refractivity contribution is 5.74. The number of hydrogen-bond acceptors (Lipinski definition) is 5. The molecule has 3 saturated heterocycles. The number of ether oxygens (including phenoxy) is 1. The van der Waals surface area contributed by atoms with Crippen LogP contribution >= 0.6 is 0 Å². The van der Waals surface area contributed by atoms with Gasteiger partial charge in [0.2, 0.25) is 5.91 Å². The van der Waals surface area contributed by atoms with Crippen molar-refractivity contribution in [3.05, 3.63) is 0 Å². The molecule has 132 valence electrons. The lowest BCUT2D eigenvalue weighted by molar-refractivity contribution is -0.130. The van der Waals surface area contributed by atoms with E-state index in [0.29, 0.717) is 12.1 Å². The van der Waals surface area contributed by atoms with Crippen molar-refractivity contribution >= 4 is 5.91 Å². The Balaban J connectivity index is 1.53. The normalized spacial score (nSPS) is 31.7. The molecular weight excluding hydrogens is 294 g/mol. The highest BCUT2D eigenvalue weighted by Gasteiger charge is 2.39. The predicted octanol–water partition coefficient (Wildman–Crippen LogP) is 0.155. The third-order valence-corrected chi connectivity index (χ3v) is 5.58. The molecule has 6 heteroatoms. The second kappa shape index (κ2) is 7.92. The fourth-order valence-electron chi connectivity index (χ4n) is 4.51. The largest absolute Gasteiger partial charge is 0.390 e. The van der Waals surface area contributed by atoms with Gasteiger partial charge in [0.1, 0.15) is 0 Å². The maximum absolute atomic E-state index is 11.8. The first-order valence-electron chi connectivity index (χ1n) is 9.14. The Kier molecular flexibility index (Phi) is 5.91. The average molecular weight is 325 g/mol. The standard InChI is InChI=1S/C17H31N3O3/c1-14(21)20-7-3-5-17(20)16-4-2-6-19(16)13-15(22)12-18-8-10-23-11-9-18/h15-17,22H,2-13H2,1H3/t15-,16+,17+/m0/s1. The Bertz CT molecular complexity index is 401. The van der Waals surface area contributed by atoms with Crippen molar-refractivity contribution in [2.24, 2.45) is 0 Å². The van der Waals surface area contributed by atoms with Crippen LogP contribution in [0.4, 0.5) is 0 Å². The van der Waals surface area contributed by atoms with Crippen LogP contribution in [-0.2, 0) is 9.53 Å². The van der Waals surface area contributed by atoms with Crippen molar-refractivity contribution in [2.75, 3.05) is 52.5 Å². The summed E-state index contributed by atoms with van der Waals surface area (Å²) >= 11 is 0. The number of aliphatic hydroxyl groups is 1. The summed E-state index contributed by atoms with van der Waals surface area (Å²) in [6.45, 7) is 8.47. The number of carbonyl (C=O) groups excluding carboxylic acids is 1. The molecule has 0 saturated carbocycles. The van der Waals surface area contributed by atoms with Gasteiger partial charge in [-0.2, -0.15) is 0 Å². The first-order chi connectivity index (χ1) is 11.1. The van der Waals surface area contributed by atoms with Gasteiger partial charge in [-0.05, 0) is 32.2 Å². The maximum Gasteiger partial charge on any atom is 0.219 e. The second-order valence-corrected chi connectivity index (χ2v) is 7.19. The van der Waals surface area contributed by atoms with Gasteiger partial charge in [-0.15, -0.1) is 0 Å². The Hall–Kier alpha value is -0.690. The van der Waals surface area contributed by atoms with Crippen LogP contribution in [0, 0.1) is 0 Å². The molecular formula is C17H31N3O3. The molecule has 0 unspecified atom stereocenters. The van der Waals surface area contributed by atoms with Gasteiger partial charge in [0, 0.05) is 51.7 Å². The molecule has 0 radical (unpaired) electrons. The Morgan fingerprint density at radius 2 is 1.78 bits per heavy atom. The van der Waals surface area contributed by atoms with E-state index in [1.165, 1.54) is 6.42 Å². The summed E-state index contributed by atoms with van der Waals surface area (Å²) in [6.07, 6.45) is 4.24. The zero-order valence-corrected chi connectivity index (χ0v) is 14.3. The van der Waals surface area contributed by atoms with Crippen LogP contribution < -0.4 is 0 Å². The van der Waals surface area contributed by atoms with Crippen LogP contribution in [0.3, 0.4) is 0 Å². The van der Waals surface area contributed by atoms with Gasteiger partial charge in [-0.1, -0.05) is 0 Å². The van der Waals surface area contributed by atoms with E-state index in [2.05, 4.69) is 14.7 Å². The lowest BCUT2D eigenvalue weighted by Crippen LogP contribution is -2.51. The van der Waals surface area contributed by atoms with Crippen LogP contribution in [-0.4, -0.2) is 96.4 Å². The molecule has 3 heterocycles. The fraction of sp³-hybridized carbons (Fsp3) is 0.941. The Morgan fingerprint density at radius 3 is 2.52 bits per heavy atom. The summed E-state index contributed by atoms with van der Waals surface area (Å²) in [4.78, 5) is 18.6. The number of likely N-dealkylation sites (tertiary alicyclic amines) is 2. The van der Waals surface area contributed by atoms with Crippen LogP contribution in [0.1, 0.15) is 32.6 Å². The fourth-order valence-corrected chi connectivity index (χ4v) is 4.51. The number of carbonyl (C=O) groups is 1. The van der Waals surface area contributed by atoms with Gasteiger partial charge in [-0.25, -0.2) is 0 Å². The molecule has 23 heavy (non-hydrogen) atoms. The Morgan fingerprint density at radius 1 is 1.09 bits per heavy atom. The van der Waals surface area contributed by atoms with Crippen molar-refractivity contribution in [1.29, 1.82) is 0 Å². The molecule has 0 bridgehead atoms. The minimum atomic E-state index is -0.319. The van der Waals surface area contributed by atoms with E-state index < -0.39 is 0 Å². The number of β-amino-alcohol motifs (C(OH)–C–C–N with tert-alkyl or cyclic N) is 1. The zero-order chi connectivity index (χ0) is 16.2. The summed E-state index contributed by atoms with van der Waals surface area (Å²) in [5.41, 5.74) is 0. The summed E-state index contributed by atoms with van der Waals surface area (Å²) in [5.74, 6) is 0.202. The van der Waals surface area contributed by atoms with Crippen molar-refractivity contribution in [3.63, 3.8) is 0 Å². The van der Waals surface area contributed by atoms with Crippen molar-refractivity contribution < 1.29 is 14.6 Å². The number of amides is 1. The van der Waals surface area contributed by atoms with Gasteiger partial charge >= 0.3 is 0 Å². The molecule has 3 fully saturated rings. The van der Waals surface area contributed by atoms with Gasteiger partial charge in [0.15, 0.2) is 0 Å². The molecule has 1 N–H and O–H groups in total. The third-order valence-electron chi connectivity index (χ3n) is 5.58. The number of aliphatic hydroxyl groups excluding tert-OH is 1. The van der Waals surface area contributed by atoms with Crippen LogP contribution in [0.5, 0.6) is 0 Å². The predicted molar refractivity (Wildman–Crippen MR) is 88.3 cm³/mol. The molecule has 0 spiro atoms. The van der Waals surface area contributed by atoms with Crippen molar-refractivity contribution in [1.82, 2.24) is 14.7 Å². The van der Waals surface area contributed by atoms with Gasteiger partial charge < -0.3 is 14.7 Å². The van der Waals surface area contributed by atoms with E-state index in [4.69, 9.17) is 4.74 Å². The van der Waals surface area contributed by atoms with E-state index in [0.717, 1.165) is 71.7 Å². The van der Waals surface area contributed by atoms with Gasteiger partial charge in [0.25, 0.3) is 0 Å². The molecule has 0 aliphatic carbocycles. The van der Waals surface area contributed by atoms with Crippen LogP contribution in [0.15, 0.2) is 0 Å². The molecule has 3 atom stereocenters. The van der Waals surface area contributed by atoms with E-state index in [1.807, 2.05) is 0 Å². The topological polar surface area (TPSA) is 56.2 Å². The molecule has 3 rings (SSSR count). The quantitative estimate of drug-likeness (QED) is 0.780. The van der Waals surface area contributed by atoms with Crippen LogP contribution in [0.2, 0.25) is 0 Å². The van der Waals surface area contributed by atoms with Gasteiger partial charge in [0.05, 0.1) is 19.3 Å². The highest BCUT2D eigenvalue weighted by Crippen LogP contribution is 2.30. The molecule has 0 aromatic carbocycles. The average Bonchev–Trinajstić information content (AvgIpc) is 3.16. The SMILES string of the molecule is CC(=O)N1CCC[C@@H]1[C@H]1CCCN1C[C@@H](O)CN1CCOCC1. The van der Waals surface area contributed by atoms with E-state index >= 15 is 0 Å². The van der Waals surface area contributed by atoms with E-state index in [1.54, 1.807) is 6.92 Å². The zero-order valence-electron chi connectivity index (χ0n) is 14.3. The number of hydrogen-bond donors (Lipinski definition) is 1. The monoisotopic (exact) mass is 325 g/mol. The maximum atomic E-state index is 11.8. The lowest BCUT2D eigenvalue weighted by Gasteiger charge is -2.36.